The maximum Gasteiger partial charge on any atom is 0.193 e. The van der Waals surface area contributed by atoms with Crippen molar-refractivity contribution in [2.45, 2.75) is 6.92 Å². The van der Waals surface area contributed by atoms with Crippen molar-refractivity contribution >= 4 is 27.4 Å². The number of carbonyl (C=O) groups is 1. The van der Waals surface area contributed by atoms with E-state index in [0.29, 0.717) is 5.56 Å². The molecule has 0 spiro atoms. The Kier molecular flexibility index (Phi) is 3.82. The third-order valence-electron chi connectivity index (χ3n) is 2.86. The van der Waals surface area contributed by atoms with Gasteiger partial charge in [-0.1, -0.05) is 34.1 Å². The van der Waals surface area contributed by atoms with E-state index in [9.17, 15) is 4.79 Å². The lowest BCUT2D eigenvalue weighted by molar-refractivity contribution is 0.103. The summed E-state index contributed by atoms with van der Waals surface area (Å²) in [7, 11) is 1.84. The molecule has 0 aliphatic carbocycles. The van der Waals surface area contributed by atoms with E-state index in [0.717, 1.165) is 21.3 Å². The Hall–Kier alpha value is -1.61. The highest BCUT2D eigenvalue weighted by Crippen LogP contribution is 2.20. The van der Waals surface area contributed by atoms with Gasteiger partial charge >= 0.3 is 0 Å². The number of aryl methyl sites for hydroxylation is 1. The number of nitrogens with one attached hydrogen (secondary N) is 1. The standard InChI is InChI=1S/C15H14BrNO/c1-10-6-7-12(16)9-14(10)15(18)11-4-3-5-13(8-11)17-2/h3-9,17H,1-2H3. The van der Waals surface area contributed by atoms with Gasteiger partial charge in [0.15, 0.2) is 5.78 Å². The highest BCUT2D eigenvalue weighted by molar-refractivity contribution is 9.10. The highest BCUT2D eigenvalue weighted by atomic mass is 79.9. The van der Waals surface area contributed by atoms with Crippen LogP contribution < -0.4 is 5.32 Å². The van der Waals surface area contributed by atoms with Crippen LogP contribution in [0.5, 0.6) is 0 Å². The lowest BCUT2D eigenvalue weighted by atomic mass is 9.99. The SMILES string of the molecule is CNc1cccc(C(=O)c2cc(Br)ccc2C)c1. The summed E-state index contributed by atoms with van der Waals surface area (Å²) in [5.74, 6) is 0.0471. The monoisotopic (exact) mass is 303 g/mol. The van der Waals surface area contributed by atoms with Gasteiger partial charge in [0.25, 0.3) is 0 Å². The largest absolute Gasteiger partial charge is 0.388 e. The molecule has 0 atom stereocenters. The molecule has 0 aromatic heterocycles. The van der Waals surface area contributed by atoms with Crippen molar-refractivity contribution in [3.8, 4) is 0 Å². The average molecular weight is 304 g/mol. The van der Waals surface area contributed by atoms with Gasteiger partial charge in [-0.2, -0.15) is 0 Å². The van der Waals surface area contributed by atoms with E-state index in [4.69, 9.17) is 0 Å². The molecule has 0 aliphatic rings. The van der Waals surface area contributed by atoms with Crippen LogP contribution in [-0.4, -0.2) is 12.8 Å². The quantitative estimate of drug-likeness (QED) is 0.867. The first kappa shape index (κ1) is 12.8. The van der Waals surface area contributed by atoms with Crippen molar-refractivity contribution in [3.63, 3.8) is 0 Å². The molecule has 18 heavy (non-hydrogen) atoms. The average Bonchev–Trinajstić information content (AvgIpc) is 2.41. The summed E-state index contributed by atoms with van der Waals surface area (Å²) in [6.07, 6.45) is 0. The molecule has 0 amide bonds. The molecule has 2 aromatic rings. The Morgan fingerprint density at radius 2 is 1.94 bits per heavy atom. The molecule has 2 rings (SSSR count). The van der Waals surface area contributed by atoms with Crippen molar-refractivity contribution in [1.82, 2.24) is 0 Å². The number of carbonyl (C=O) groups excluding carboxylic acids is 1. The summed E-state index contributed by atoms with van der Waals surface area (Å²) >= 11 is 3.40. The number of hydrogen-bond acceptors (Lipinski definition) is 2. The van der Waals surface area contributed by atoms with Crippen molar-refractivity contribution in [3.05, 3.63) is 63.6 Å². The van der Waals surface area contributed by atoms with Crippen molar-refractivity contribution in [1.29, 1.82) is 0 Å². The minimum Gasteiger partial charge on any atom is -0.388 e. The molecule has 3 heteroatoms. The molecular weight excluding hydrogens is 290 g/mol. The van der Waals surface area contributed by atoms with E-state index in [1.807, 2.05) is 56.4 Å². The van der Waals surface area contributed by atoms with Crippen molar-refractivity contribution in [2.24, 2.45) is 0 Å². The zero-order valence-corrected chi connectivity index (χ0v) is 11.9. The molecule has 0 saturated heterocycles. The van der Waals surface area contributed by atoms with Crippen LogP contribution in [0.4, 0.5) is 5.69 Å². The molecular formula is C15H14BrNO. The topological polar surface area (TPSA) is 29.1 Å². The van der Waals surface area contributed by atoms with E-state index in [2.05, 4.69) is 21.2 Å². The predicted molar refractivity (Wildman–Crippen MR) is 78.3 cm³/mol. The number of anilines is 1. The number of ketones is 1. The maximum atomic E-state index is 12.4. The first-order chi connectivity index (χ1) is 8.61. The number of halogens is 1. The third kappa shape index (κ3) is 2.62. The third-order valence-corrected chi connectivity index (χ3v) is 3.35. The highest BCUT2D eigenvalue weighted by Gasteiger charge is 2.12. The van der Waals surface area contributed by atoms with Crippen LogP contribution >= 0.6 is 15.9 Å². The van der Waals surface area contributed by atoms with Crippen LogP contribution in [0.1, 0.15) is 21.5 Å². The second-order valence-corrected chi connectivity index (χ2v) is 5.03. The smallest absolute Gasteiger partial charge is 0.193 e. The molecule has 0 bridgehead atoms. The first-order valence-corrected chi connectivity index (χ1v) is 6.50. The molecule has 0 fully saturated rings. The van der Waals surface area contributed by atoms with Gasteiger partial charge in [0.2, 0.25) is 0 Å². The van der Waals surface area contributed by atoms with Crippen LogP contribution in [-0.2, 0) is 0 Å². The molecule has 2 aromatic carbocycles. The minimum atomic E-state index is 0.0471. The van der Waals surface area contributed by atoms with Crippen LogP contribution in [0.15, 0.2) is 46.9 Å². The summed E-state index contributed by atoms with van der Waals surface area (Å²) in [5, 5.41) is 3.04. The molecule has 92 valence electrons. The van der Waals surface area contributed by atoms with Crippen LogP contribution in [0.2, 0.25) is 0 Å². The van der Waals surface area contributed by atoms with Gasteiger partial charge < -0.3 is 5.32 Å². The fraction of sp³-hybridized carbons (Fsp3) is 0.133. The number of benzene rings is 2. The summed E-state index contributed by atoms with van der Waals surface area (Å²) in [5.41, 5.74) is 3.35. The van der Waals surface area contributed by atoms with Crippen LogP contribution in [0.25, 0.3) is 0 Å². The lowest BCUT2D eigenvalue weighted by Gasteiger charge is -2.07. The molecule has 0 heterocycles. The molecule has 0 saturated carbocycles. The fourth-order valence-electron chi connectivity index (χ4n) is 1.81. The van der Waals surface area contributed by atoms with Crippen molar-refractivity contribution in [2.75, 3.05) is 12.4 Å². The summed E-state index contributed by atoms with van der Waals surface area (Å²) in [6, 6.07) is 13.3. The van der Waals surface area contributed by atoms with Gasteiger partial charge in [-0.3, -0.25) is 4.79 Å². The normalized spacial score (nSPS) is 10.2. The Bertz CT molecular complexity index is 593. The van der Waals surface area contributed by atoms with E-state index < -0.39 is 0 Å². The van der Waals surface area contributed by atoms with E-state index in [-0.39, 0.29) is 5.78 Å². The molecule has 1 N–H and O–H groups in total. The summed E-state index contributed by atoms with van der Waals surface area (Å²) in [6.45, 7) is 1.95. The van der Waals surface area contributed by atoms with E-state index in [1.165, 1.54) is 0 Å². The molecule has 2 nitrogen and oxygen atoms in total. The number of hydrogen-bond donors (Lipinski definition) is 1. The second kappa shape index (κ2) is 5.36. The molecule has 0 aliphatic heterocycles. The van der Waals surface area contributed by atoms with Gasteiger partial charge in [-0.25, -0.2) is 0 Å². The van der Waals surface area contributed by atoms with Gasteiger partial charge in [-0.15, -0.1) is 0 Å². The maximum absolute atomic E-state index is 12.4. The zero-order chi connectivity index (χ0) is 13.1. The summed E-state index contributed by atoms with van der Waals surface area (Å²) in [4.78, 5) is 12.4. The van der Waals surface area contributed by atoms with Gasteiger partial charge in [0, 0.05) is 28.3 Å². The molecule has 0 radical (unpaired) electrons. The van der Waals surface area contributed by atoms with Gasteiger partial charge in [0.1, 0.15) is 0 Å². The van der Waals surface area contributed by atoms with Crippen molar-refractivity contribution < 1.29 is 4.79 Å². The minimum absolute atomic E-state index is 0.0471. The zero-order valence-electron chi connectivity index (χ0n) is 10.3. The Balaban J connectivity index is 2.44. The van der Waals surface area contributed by atoms with Crippen LogP contribution in [0.3, 0.4) is 0 Å². The Morgan fingerprint density at radius 3 is 2.67 bits per heavy atom. The fourth-order valence-corrected chi connectivity index (χ4v) is 2.17. The predicted octanol–water partition coefficient (Wildman–Crippen LogP) is 4.03. The van der Waals surface area contributed by atoms with Gasteiger partial charge in [0.05, 0.1) is 0 Å². The lowest BCUT2D eigenvalue weighted by Crippen LogP contribution is -2.04. The Labute approximate surface area is 115 Å². The second-order valence-electron chi connectivity index (χ2n) is 4.12. The molecule has 0 unspecified atom stereocenters. The number of rotatable bonds is 3. The van der Waals surface area contributed by atoms with E-state index >= 15 is 0 Å². The van der Waals surface area contributed by atoms with Gasteiger partial charge in [-0.05, 0) is 36.8 Å². The first-order valence-electron chi connectivity index (χ1n) is 5.70. The van der Waals surface area contributed by atoms with Crippen LogP contribution in [0, 0.1) is 6.92 Å². The summed E-state index contributed by atoms with van der Waals surface area (Å²) < 4.78 is 0.918. The Morgan fingerprint density at radius 1 is 1.17 bits per heavy atom. The van der Waals surface area contributed by atoms with E-state index in [1.54, 1.807) is 0 Å².